The zero-order chi connectivity index (χ0) is 18.6. The first-order valence-electron chi connectivity index (χ1n) is 8.97. The first kappa shape index (κ1) is 17.6. The third-order valence-corrected chi connectivity index (χ3v) is 5.62. The molecule has 0 fully saturated rings. The molecule has 1 atom stereocenters. The molecule has 3 aromatic carbocycles. The SMILES string of the molecule is CC(Sc1nc(Cc2cccc3ccccc23)cc(=O)[nH]1)c1ccccc1. The summed E-state index contributed by atoms with van der Waals surface area (Å²) in [5.74, 6) is 0. The molecule has 0 bridgehead atoms. The highest BCUT2D eigenvalue weighted by atomic mass is 32.2. The van der Waals surface area contributed by atoms with Gasteiger partial charge in [-0.15, -0.1) is 0 Å². The van der Waals surface area contributed by atoms with Gasteiger partial charge in [-0.3, -0.25) is 4.79 Å². The number of nitrogens with one attached hydrogen (secondary N) is 1. The minimum Gasteiger partial charge on any atom is -0.301 e. The molecule has 0 aliphatic carbocycles. The van der Waals surface area contributed by atoms with E-state index in [0.717, 1.165) is 5.69 Å². The summed E-state index contributed by atoms with van der Waals surface area (Å²) in [7, 11) is 0. The Morgan fingerprint density at radius 1 is 0.963 bits per heavy atom. The highest BCUT2D eigenvalue weighted by Crippen LogP contribution is 2.32. The van der Waals surface area contributed by atoms with Crippen LogP contribution in [0.4, 0.5) is 0 Å². The van der Waals surface area contributed by atoms with Crippen molar-refractivity contribution in [1.29, 1.82) is 0 Å². The molecule has 4 aromatic rings. The predicted octanol–water partition coefficient (Wildman–Crippen LogP) is 5.37. The van der Waals surface area contributed by atoms with E-state index in [0.29, 0.717) is 11.6 Å². The van der Waals surface area contributed by atoms with Gasteiger partial charge in [-0.25, -0.2) is 4.98 Å². The van der Waals surface area contributed by atoms with Crippen LogP contribution in [0, 0.1) is 0 Å². The second-order valence-corrected chi connectivity index (χ2v) is 7.86. The summed E-state index contributed by atoms with van der Waals surface area (Å²) in [6.07, 6.45) is 0.637. The van der Waals surface area contributed by atoms with Crippen LogP contribution in [-0.2, 0) is 6.42 Å². The van der Waals surface area contributed by atoms with Gasteiger partial charge in [0.25, 0.3) is 5.56 Å². The van der Waals surface area contributed by atoms with Gasteiger partial charge in [0, 0.05) is 17.7 Å². The summed E-state index contributed by atoms with van der Waals surface area (Å²) in [6, 6.07) is 26.4. The Kier molecular flexibility index (Phi) is 5.07. The lowest BCUT2D eigenvalue weighted by Gasteiger charge is -2.12. The van der Waals surface area contributed by atoms with Crippen molar-refractivity contribution in [2.75, 3.05) is 0 Å². The molecule has 1 heterocycles. The van der Waals surface area contributed by atoms with E-state index in [1.54, 1.807) is 17.8 Å². The van der Waals surface area contributed by atoms with Gasteiger partial charge in [0.05, 0.1) is 5.69 Å². The Bertz CT molecular complexity index is 1120. The standard InChI is InChI=1S/C23H20N2OS/c1-16(17-8-3-2-4-9-17)27-23-24-20(15-22(26)25-23)14-19-12-7-11-18-10-5-6-13-21(18)19/h2-13,15-16H,14H2,1H3,(H,24,25,26). The average molecular weight is 372 g/mol. The van der Waals surface area contributed by atoms with Crippen molar-refractivity contribution in [3.63, 3.8) is 0 Å². The normalized spacial score (nSPS) is 12.2. The van der Waals surface area contributed by atoms with E-state index in [-0.39, 0.29) is 10.8 Å². The number of benzene rings is 3. The van der Waals surface area contributed by atoms with Crippen LogP contribution in [0.5, 0.6) is 0 Å². The summed E-state index contributed by atoms with van der Waals surface area (Å²) in [6.45, 7) is 2.12. The lowest BCUT2D eigenvalue weighted by atomic mass is 10.0. The second-order valence-electron chi connectivity index (χ2n) is 6.53. The smallest absolute Gasteiger partial charge is 0.251 e. The number of fused-ring (bicyclic) bond motifs is 1. The van der Waals surface area contributed by atoms with Crippen molar-refractivity contribution in [3.05, 3.63) is 106 Å². The maximum absolute atomic E-state index is 12.2. The van der Waals surface area contributed by atoms with E-state index >= 15 is 0 Å². The first-order valence-corrected chi connectivity index (χ1v) is 9.85. The lowest BCUT2D eigenvalue weighted by Crippen LogP contribution is -2.11. The summed E-state index contributed by atoms with van der Waals surface area (Å²) in [5, 5.41) is 3.28. The highest BCUT2D eigenvalue weighted by molar-refractivity contribution is 7.99. The topological polar surface area (TPSA) is 45.8 Å². The molecule has 134 valence electrons. The van der Waals surface area contributed by atoms with Crippen molar-refractivity contribution >= 4 is 22.5 Å². The lowest BCUT2D eigenvalue weighted by molar-refractivity contribution is 0.875. The van der Waals surface area contributed by atoms with Crippen LogP contribution in [0.3, 0.4) is 0 Å². The summed E-state index contributed by atoms with van der Waals surface area (Å²) < 4.78 is 0. The molecule has 27 heavy (non-hydrogen) atoms. The highest BCUT2D eigenvalue weighted by Gasteiger charge is 2.11. The van der Waals surface area contributed by atoms with Gasteiger partial charge < -0.3 is 4.98 Å². The molecular formula is C23H20N2OS. The Labute approximate surface area is 162 Å². The quantitative estimate of drug-likeness (QED) is 0.378. The zero-order valence-corrected chi connectivity index (χ0v) is 15.9. The summed E-state index contributed by atoms with van der Waals surface area (Å²) in [4.78, 5) is 19.8. The van der Waals surface area contributed by atoms with Crippen LogP contribution in [0.15, 0.2) is 88.8 Å². The number of thioether (sulfide) groups is 1. The predicted molar refractivity (Wildman–Crippen MR) is 112 cm³/mol. The van der Waals surface area contributed by atoms with E-state index in [2.05, 4.69) is 54.4 Å². The van der Waals surface area contributed by atoms with Gasteiger partial charge in [0.1, 0.15) is 0 Å². The van der Waals surface area contributed by atoms with Crippen LogP contribution in [0.2, 0.25) is 0 Å². The van der Waals surface area contributed by atoms with Gasteiger partial charge >= 0.3 is 0 Å². The summed E-state index contributed by atoms with van der Waals surface area (Å²) in [5.41, 5.74) is 3.07. The Morgan fingerprint density at radius 2 is 1.70 bits per heavy atom. The van der Waals surface area contributed by atoms with Crippen molar-refractivity contribution in [3.8, 4) is 0 Å². The number of H-pyrrole nitrogens is 1. The van der Waals surface area contributed by atoms with Crippen molar-refractivity contribution in [1.82, 2.24) is 9.97 Å². The van der Waals surface area contributed by atoms with Crippen LogP contribution < -0.4 is 5.56 Å². The number of hydrogen-bond donors (Lipinski definition) is 1. The zero-order valence-electron chi connectivity index (χ0n) is 15.1. The monoisotopic (exact) mass is 372 g/mol. The van der Waals surface area contributed by atoms with Crippen LogP contribution in [0.25, 0.3) is 10.8 Å². The number of aromatic amines is 1. The molecule has 0 radical (unpaired) electrons. The van der Waals surface area contributed by atoms with E-state index in [4.69, 9.17) is 4.98 Å². The third-order valence-electron chi connectivity index (χ3n) is 4.58. The first-order chi connectivity index (χ1) is 13.2. The minimum absolute atomic E-state index is 0.108. The number of aromatic nitrogens is 2. The van der Waals surface area contributed by atoms with Crippen molar-refractivity contribution in [2.24, 2.45) is 0 Å². The van der Waals surface area contributed by atoms with E-state index in [9.17, 15) is 4.79 Å². The van der Waals surface area contributed by atoms with Gasteiger partial charge in [0.15, 0.2) is 5.16 Å². The molecular weight excluding hydrogens is 352 g/mol. The number of hydrogen-bond acceptors (Lipinski definition) is 3. The molecule has 3 nitrogen and oxygen atoms in total. The Balaban J connectivity index is 1.62. The fourth-order valence-corrected chi connectivity index (χ4v) is 4.19. The Morgan fingerprint density at radius 3 is 2.56 bits per heavy atom. The maximum atomic E-state index is 12.2. The molecule has 0 aliphatic rings. The average Bonchev–Trinajstić information content (AvgIpc) is 2.68. The molecule has 1 aromatic heterocycles. The largest absolute Gasteiger partial charge is 0.301 e. The molecule has 0 saturated carbocycles. The van der Waals surface area contributed by atoms with E-state index in [1.165, 1.54) is 21.9 Å². The second kappa shape index (κ2) is 7.80. The molecule has 4 heteroatoms. The Hall–Kier alpha value is -2.85. The fraction of sp³-hybridized carbons (Fsp3) is 0.130. The van der Waals surface area contributed by atoms with Gasteiger partial charge in [-0.1, -0.05) is 84.6 Å². The van der Waals surface area contributed by atoms with Crippen LogP contribution >= 0.6 is 11.8 Å². The molecule has 1 unspecified atom stereocenters. The summed E-state index contributed by atoms with van der Waals surface area (Å²) >= 11 is 1.57. The third kappa shape index (κ3) is 4.12. The fourth-order valence-electron chi connectivity index (χ4n) is 3.23. The van der Waals surface area contributed by atoms with Gasteiger partial charge in [-0.2, -0.15) is 0 Å². The van der Waals surface area contributed by atoms with Crippen LogP contribution in [0.1, 0.15) is 29.0 Å². The molecule has 0 amide bonds. The van der Waals surface area contributed by atoms with Gasteiger partial charge in [-0.05, 0) is 28.8 Å². The molecule has 0 saturated heterocycles. The number of rotatable bonds is 5. The van der Waals surface area contributed by atoms with E-state index < -0.39 is 0 Å². The van der Waals surface area contributed by atoms with Crippen LogP contribution in [-0.4, -0.2) is 9.97 Å². The molecule has 0 spiro atoms. The van der Waals surface area contributed by atoms with Crippen molar-refractivity contribution in [2.45, 2.75) is 23.8 Å². The van der Waals surface area contributed by atoms with E-state index in [1.807, 2.05) is 30.3 Å². The van der Waals surface area contributed by atoms with Crippen molar-refractivity contribution < 1.29 is 0 Å². The number of nitrogens with zero attached hydrogens (tertiary/aromatic N) is 1. The molecule has 4 rings (SSSR count). The maximum Gasteiger partial charge on any atom is 0.251 e. The molecule has 0 aliphatic heterocycles. The van der Waals surface area contributed by atoms with Gasteiger partial charge in [0.2, 0.25) is 0 Å². The minimum atomic E-state index is -0.108. The molecule has 1 N–H and O–H groups in total.